The Bertz CT molecular complexity index is 1220. The maximum absolute atomic E-state index is 12.4. The molecular weight excluding hydrogens is 780 g/mol. The van der Waals surface area contributed by atoms with Gasteiger partial charge in [-0.15, -0.1) is 0 Å². The highest BCUT2D eigenvalue weighted by Crippen LogP contribution is 2.84. The molecule has 0 heterocycles. The third kappa shape index (κ3) is 11.3. The van der Waals surface area contributed by atoms with Crippen LogP contribution in [-0.4, -0.2) is 106 Å². The molecule has 266 valence electrons. The van der Waals surface area contributed by atoms with E-state index >= 15 is 0 Å². The van der Waals surface area contributed by atoms with Crippen molar-refractivity contribution in [2.45, 2.75) is 52.9 Å². The Kier molecular flexibility index (Phi) is 14.1. The second kappa shape index (κ2) is 13.8. The minimum absolute atomic E-state index is 1.15. The molecule has 44 heavy (non-hydrogen) atoms. The molecular formula is C10H32N2O24P8. The van der Waals surface area contributed by atoms with Gasteiger partial charge in [-0.1, -0.05) is 12.8 Å². The van der Waals surface area contributed by atoms with Crippen LogP contribution in [0, 0.1) is 5.41 Å². The van der Waals surface area contributed by atoms with Gasteiger partial charge in [-0.3, -0.25) is 36.5 Å². The lowest BCUT2D eigenvalue weighted by molar-refractivity contribution is 0.187. The first kappa shape index (κ1) is 45.1. The Morgan fingerprint density at radius 3 is 0.727 bits per heavy atom. The van der Waals surface area contributed by atoms with Gasteiger partial charge < -0.3 is 89.8 Å². The lowest BCUT2D eigenvalue weighted by Gasteiger charge is -2.49. The number of unbranched alkanes of at least 4 members (excludes halogenated alkanes) is 1. The van der Waals surface area contributed by atoms with Gasteiger partial charge in [-0.25, -0.2) is 0 Å². The Morgan fingerprint density at radius 2 is 0.545 bits per heavy atom. The van der Waals surface area contributed by atoms with Gasteiger partial charge in [0.15, 0.2) is 21.6 Å². The summed E-state index contributed by atoms with van der Waals surface area (Å²) in [4.78, 5) is 155. The molecule has 0 spiro atoms. The minimum Gasteiger partial charge on any atom is -0.324 e. The van der Waals surface area contributed by atoms with E-state index in [1.165, 1.54) is 0 Å². The fourth-order valence-corrected chi connectivity index (χ4v) is 20.6. The highest BCUT2D eigenvalue weighted by Gasteiger charge is 2.76. The summed E-state index contributed by atoms with van der Waals surface area (Å²) in [5, 5.41) is -16.4. The Hall–Kier alpha value is 1.12. The fourth-order valence-electron chi connectivity index (χ4n) is 5.07. The maximum Gasteiger partial charge on any atom is 0.343 e. The average molecular weight is 812 g/mol. The van der Waals surface area contributed by atoms with Gasteiger partial charge in [0.1, 0.15) is 0 Å². The molecule has 0 rings (SSSR count). The van der Waals surface area contributed by atoms with E-state index in [1.54, 1.807) is 0 Å². The molecule has 0 aliphatic carbocycles. The van der Waals surface area contributed by atoms with E-state index in [2.05, 4.69) is 0 Å². The largest absolute Gasteiger partial charge is 0.343 e. The molecule has 0 unspecified atom stereocenters. The van der Waals surface area contributed by atoms with Crippen molar-refractivity contribution in [2.24, 2.45) is 16.9 Å². The van der Waals surface area contributed by atoms with Crippen molar-refractivity contribution in [1.29, 1.82) is 0 Å². The molecule has 0 aliphatic rings. The highest BCUT2D eigenvalue weighted by molar-refractivity contribution is 7.75. The molecule has 34 heteroatoms. The van der Waals surface area contributed by atoms with Crippen LogP contribution in [0.1, 0.15) is 25.7 Å². The molecule has 0 atom stereocenters. The van der Waals surface area contributed by atoms with Crippen molar-refractivity contribution >= 4 is 60.8 Å². The molecule has 0 aliphatic heterocycles. The van der Waals surface area contributed by atoms with Crippen molar-refractivity contribution in [3.63, 3.8) is 0 Å². The molecule has 0 aromatic carbocycles. The summed E-state index contributed by atoms with van der Waals surface area (Å²) in [6, 6.07) is 0. The number of hydrogen-bond donors (Lipinski definition) is 18. The zero-order chi connectivity index (χ0) is 36.1. The summed E-state index contributed by atoms with van der Waals surface area (Å²) in [7, 11) is -53.4. The predicted octanol–water partition coefficient (Wildman–Crippen LogP) is -3.13. The van der Waals surface area contributed by atoms with Gasteiger partial charge in [0.2, 0.25) is 0 Å². The summed E-state index contributed by atoms with van der Waals surface area (Å²) >= 11 is 0. The summed E-state index contributed by atoms with van der Waals surface area (Å²) in [5.41, 5.74) is 2.86. The number of hydrogen-bond acceptors (Lipinski definition) is 10. The summed E-state index contributed by atoms with van der Waals surface area (Å²) in [6.45, 7) is 0. The number of rotatable bonds is 17. The van der Waals surface area contributed by atoms with Gasteiger partial charge in [-0.2, -0.15) is 0 Å². The van der Waals surface area contributed by atoms with Crippen LogP contribution >= 0.6 is 60.8 Å². The van der Waals surface area contributed by atoms with E-state index in [4.69, 9.17) is 11.5 Å². The Balaban J connectivity index is 7.99. The molecule has 0 amide bonds. The molecule has 0 bridgehead atoms. The van der Waals surface area contributed by atoms with Gasteiger partial charge in [-0.05, 0) is 12.8 Å². The van der Waals surface area contributed by atoms with Crippen LogP contribution in [0.15, 0.2) is 0 Å². The summed E-state index contributed by atoms with van der Waals surface area (Å²) < 4.78 is 97.9. The van der Waals surface area contributed by atoms with Gasteiger partial charge in [0.25, 0.3) is 0 Å². The van der Waals surface area contributed by atoms with Gasteiger partial charge in [0.05, 0.1) is 5.66 Å². The first-order valence-electron chi connectivity index (χ1n) is 10.7. The standard InChI is InChI=1S/C10H32N2O24P8/c11-10(12,8(43(31,32)33)44(34,35)36)4-2-1-3-9(5(37(13,14)15)38(16,17)18,6(39(19,20)21)40(22,23)24)7(41(25,26)27)42(28,29)30/h5-8H,1-4,11-12H2,(H2,13,14,15)(H2,16,17,18)(H2,19,20,21)(H2,22,23,24)(H2,25,26,27)(H2,28,29,30)(H2,31,32,33)(H2,34,35,36). The third-order valence-electron chi connectivity index (χ3n) is 5.94. The van der Waals surface area contributed by atoms with Crippen LogP contribution < -0.4 is 11.5 Å². The lowest BCUT2D eigenvalue weighted by Crippen LogP contribution is -2.58. The van der Waals surface area contributed by atoms with E-state index in [0.29, 0.717) is 0 Å². The van der Waals surface area contributed by atoms with Crippen molar-refractivity contribution in [3.05, 3.63) is 0 Å². The first-order chi connectivity index (χ1) is 18.7. The second-order valence-electron chi connectivity index (χ2n) is 9.64. The molecule has 0 aromatic rings. The normalized spacial score (nSPS) is 16.0. The van der Waals surface area contributed by atoms with Crippen LogP contribution in [0.5, 0.6) is 0 Å². The van der Waals surface area contributed by atoms with Crippen LogP contribution in [0.2, 0.25) is 0 Å². The van der Waals surface area contributed by atoms with Crippen LogP contribution in [0.25, 0.3) is 0 Å². The third-order valence-corrected chi connectivity index (χ3v) is 22.1. The lowest BCUT2D eigenvalue weighted by atomic mass is 9.86. The van der Waals surface area contributed by atoms with E-state index in [-0.39, 0.29) is 0 Å². The monoisotopic (exact) mass is 812 g/mol. The van der Waals surface area contributed by atoms with Crippen LogP contribution in [0.3, 0.4) is 0 Å². The number of nitrogens with two attached hydrogens (primary N) is 2. The van der Waals surface area contributed by atoms with E-state index in [1.807, 2.05) is 0 Å². The van der Waals surface area contributed by atoms with Gasteiger partial charge in [0, 0.05) is 5.41 Å². The smallest absolute Gasteiger partial charge is 0.324 e. The van der Waals surface area contributed by atoms with Crippen molar-refractivity contribution in [1.82, 2.24) is 0 Å². The average Bonchev–Trinajstić information content (AvgIpc) is 2.54. The van der Waals surface area contributed by atoms with Crippen LogP contribution in [0.4, 0.5) is 0 Å². The minimum atomic E-state index is -6.94. The molecule has 26 nitrogen and oxygen atoms in total. The van der Waals surface area contributed by atoms with Crippen molar-refractivity contribution < 1.29 is 115 Å². The maximum atomic E-state index is 12.4. The topological polar surface area (TPSA) is 512 Å². The Morgan fingerprint density at radius 1 is 0.364 bits per heavy atom. The summed E-state index contributed by atoms with van der Waals surface area (Å²) in [6.07, 6.45) is -6.02. The van der Waals surface area contributed by atoms with Crippen LogP contribution in [-0.2, 0) is 36.5 Å². The molecule has 0 saturated carbocycles. The molecule has 20 N–H and O–H groups in total. The van der Waals surface area contributed by atoms with E-state index < -0.39 is 119 Å². The van der Waals surface area contributed by atoms with Crippen molar-refractivity contribution in [3.8, 4) is 0 Å². The van der Waals surface area contributed by atoms with E-state index in [0.717, 1.165) is 0 Å². The van der Waals surface area contributed by atoms with E-state index in [9.17, 15) is 115 Å². The molecule has 0 aromatic heterocycles. The van der Waals surface area contributed by atoms with Gasteiger partial charge >= 0.3 is 60.8 Å². The molecule has 0 fully saturated rings. The quantitative estimate of drug-likeness (QED) is 0.0392. The molecule has 0 saturated heterocycles. The van der Waals surface area contributed by atoms with Crippen molar-refractivity contribution in [2.75, 3.05) is 0 Å². The SMILES string of the molecule is NC(N)(CCCCC(C(P(=O)(O)O)P(=O)(O)O)(C(P(=O)(O)O)P(=O)(O)O)C(P(=O)(O)O)P(=O)(O)O)C(P(=O)(O)O)P(=O)(O)O. The fraction of sp³-hybridized carbons (Fsp3) is 1.00. The molecule has 0 radical (unpaired) electrons. The second-order valence-corrected chi connectivity index (χ2v) is 24.8. The summed E-state index contributed by atoms with van der Waals surface area (Å²) in [5.74, 6) is 0. The predicted molar refractivity (Wildman–Crippen MR) is 144 cm³/mol. The zero-order valence-electron chi connectivity index (χ0n) is 21.3. The first-order valence-corrected chi connectivity index (χ1v) is 24.1. The zero-order valence-corrected chi connectivity index (χ0v) is 28.4. The highest BCUT2D eigenvalue weighted by atomic mass is 31.3. The Labute approximate surface area is 245 Å².